The zero-order valence-corrected chi connectivity index (χ0v) is 9.96. The van der Waals surface area contributed by atoms with E-state index in [1.165, 1.54) is 11.3 Å². The highest BCUT2D eigenvalue weighted by Gasteiger charge is 2.16. The van der Waals surface area contributed by atoms with Crippen LogP contribution in [0.2, 0.25) is 0 Å². The van der Waals surface area contributed by atoms with Gasteiger partial charge in [0.25, 0.3) is 0 Å². The Morgan fingerprint density at radius 3 is 2.40 bits per heavy atom. The standard InChI is InChI=1S/C12H19NO2/c1-5-9-8-11(12(14)15-7-3)13(4)10(9)6-2/h8H,5-7H2,1-4H3. The summed E-state index contributed by atoms with van der Waals surface area (Å²) in [6.45, 7) is 6.45. The van der Waals surface area contributed by atoms with Crippen LogP contribution in [0, 0.1) is 0 Å². The summed E-state index contributed by atoms with van der Waals surface area (Å²) in [7, 11) is 1.92. The summed E-state index contributed by atoms with van der Waals surface area (Å²) < 4.78 is 6.95. The minimum atomic E-state index is -0.227. The summed E-state index contributed by atoms with van der Waals surface area (Å²) >= 11 is 0. The number of carbonyl (C=O) groups excluding carboxylic acids is 1. The number of hydrogen-bond acceptors (Lipinski definition) is 2. The van der Waals surface area contributed by atoms with Crippen LogP contribution in [0.1, 0.15) is 42.5 Å². The first-order valence-corrected chi connectivity index (χ1v) is 5.50. The maximum absolute atomic E-state index is 11.6. The van der Waals surface area contributed by atoms with Crippen molar-refractivity contribution in [1.82, 2.24) is 4.57 Å². The van der Waals surface area contributed by atoms with Crippen LogP contribution in [-0.2, 0) is 24.6 Å². The van der Waals surface area contributed by atoms with Gasteiger partial charge in [-0.05, 0) is 31.4 Å². The molecule has 0 aromatic carbocycles. The second kappa shape index (κ2) is 5.01. The average Bonchev–Trinajstić information content (AvgIpc) is 2.55. The van der Waals surface area contributed by atoms with Gasteiger partial charge in [0.15, 0.2) is 0 Å². The predicted molar refractivity (Wildman–Crippen MR) is 60.1 cm³/mol. The molecule has 0 atom stereocenters. The van der Waals surface area contributed by atoms with Crippen molar-refractivity contribution in [2.45, 2.75) is 33.6 Å². The number of carbonyl (C=O) groups is 1. The lowest BCUT2D eigenvalue weighted by atomic mass is 10.1. The molecule has 0 amide bonds. The molecule has 3 heteroatoms. The number of hydrogen-bond donors (Lipinski definition) is 0. The Morgan fingerprint density at radius 2 is 2.00 bits per heavy atom. The maximum atomic E-state index is 11.6. The Balaban J connectivity index is 3.09. The highest BCUT2D eigenvalue weighted by atomic mass is 16.5. The summed E-state index contributed by atoms with van der Waals surface area (Å²) in [5.41, 5.74) is 3.12. The molecule has 0 fully saturated rings. The molecular weight excluding hydrogens is 190 g/mol. The first-order chi connectivity index (χ1) is 7.15. The monoisotopic (exact) mass is 209 g/mol. The first kappa shape index (κ1) is 11.8. The molecule has 0 saturated heterocycles. The molecule has 15 heavy (non-hydrogen) atoms. The Hall–Kier alpha value is -1.25. The van der Waals surface area contributed by atoms with Crippen molar-refractivity contribution in [3.8, 4) is 0 Å². The zero-order chi connectivity index (χ0) is 11.4. The highest BCUT2D eigenvalue weighted by Crippen LogP contribution is 2.17. The van der Waals surface area contributed by atoms with Gasteiger partial charge in [-0.3, -0.25) is 0 Å². The lowest BCUT2D eigenvalue weighted by molar-refractivity contribution is 0.0515. The fourth-order valence-corrected chi connectivity index (χ4v) is 1.88. The summed E-state index contributed by atoms with van der Waals surface area (Å²) in [5, 5.41) is 0. The number of aromatic nitrogens is 1. The number of esters is 1. The number of ether oxygens (including phenoxy) is 1. The van der Waals surface area contributed by atoms with Gasteiger partial charge in [-0.25, -0.2) is 4.79 Å². The minimum absolute atomic E-state index is 0.227. The van der Waals surface area contributed by atoms with Crippen molar-refractivity contribution in [2.24, 2.45) is 7.05 Å². The molecular formula is C12H19NO2. The minimum Gasteiger partial charge on any atom is -0.461 e. The molecule has 0 aliphatic heterocycles. The molecule has 0 radical (unpaired) electrons. The number of nitrogens with zero attached hydrogens (tertiary/aromatic N) is 1. The van der Waals surface area contributed by atoms with Crippen LogP contribution in [0.5, 0.6) is 0 Å². The van der Waals surface area contributed by atoms with Gasteiger partial charge in [0.2, 0.25) is 0 Å². The highest BCUT2D eigenvalue weighted by molar-refractivity contribution is 5.88. The predicted octanol–water partition coefficient (Wildman–Crippen LogP) is 2.33. The first-order valence-electron chi connectivity index (χ1n) is 5.50. The van der Waals surface area contributed by atoms with Crippen LogP contribution >= 0.6 is 0 Å². The molecule has 0 N–H and O–H groups in total. The number of rotatable bonds is 4. The van der Waals surface area contributed by atoms with Crippen molar-refractivity contribution in [2.75, 3.05) is 6.61 Å². The van der Waals surface area contributed by atoms with E-state index in [2.05, 4.69) is 13.8 Å². The Labute approximate surface area is 91.0 Å². The Morgan fingerprint density at radius 1 is 1.33 bits per heavy atom. The molecule has 0 saturated carbocycles. The van der Waals surface area contributed by atoms with E-state index in [0.717, 1.165) is 12.8 Å². The van der Waals surface area contributed by atoms with Gasteiger partial charge in [0.1, 0.15) is 5.69 Å². The summed E-state index contributed by atoms with van der Waals surface area (Å²) in [5.74, 6) is -0.227. The summed E-state index contributed by atoms with van der Waals surface area (Å²) in [6.07, 6.45) is 1.90. The fourth-order valence-electron chi connectivity index (χ4n) is 1.88. The molecule has 0 bridgehead atoms. The van der Waals surface area contributed by atoms with Gasteiger partial charge >= 0.3 is 5.97 Å². The van der Waals surface area contributed by atoms with E-state index in [0.29, 0.717) is 12.3 Å². The summed E-state index contributed by atoms with van der Waals surface area (Å²) in [6, 6.07) is 1.94. The lowest BCUT2D eigenvalue weighted by Gasteiger charge is -2.06. The van der Waals surface area contributed by atoms with Gasteiger partial charge in [0, 0.05) is 12.7 Å². The summed E-state index contributed by atoms with van der Waals surface area (Å²) in [4.78, 5) is 11.6. The van der Waals surface area contributed by atoms with Gasteiger partial charge in [-0.1, -0.05) is 13.8 Å². The van der Waals surface area contributed by atoms with E-state index in [-0.39, 0.29) is 5.97 Å². The van der Waals surface area contributed by atoms with Crippen LogP contribution in [0.15, 0.2) is 6.07 Å². The molecule has 1 aromatic heterocycles. The molecule has 1 rings (SSSR count). The van der Waals surface area contributed by atoms with E-state index >= 15 is 0 Å². The van der Waals surface area contributed by atoms with E-state index in [9.17, 15) is 4.79 Å². The van der Waals surface area contributed by atoms with Gasteiger partial charge in [0.05, 0.1) is 6.61 Å². The smallest absolute Gasteiger partial charge is 0.354 e. The second-order valence-electron chi connectivity index (χ2n) is 3.49. The maximum Gasteiger partial charge on any atom is 0.354 e. The van der Waals surface area contributed by atoms with Gasteiger partial charge < -0.3 is 9.30 Å². The average molecular weight is 209 g/mol. The van der Waals surface area contributed by atoms with Crippen LogP contribution in [0.3, 0.4) is 0 Å². The van der Waals surface area contributed by atoms with Gasteiger partial charge in [-0.2, -0.15) is 0 Å². The normalized spacial score (nSPS) is 10.4. The third-order valence-electron chi connectivity index (χ3n) is 2.65. The molecule has 1 aromatic rings. The van der Waals surface area contributed by atoms with Crippen molar-refractivity contribution >= 4 is 5.97 Å². The molecule has 0 aliphatic rings. The molecule has 0 unspecified atom stereocenters. The van der Waals surface area contributed by atoms with E-state index < -0.39 is 0 Å². The fraction of sp³-hybridized carbons (Fsp3) is 0.583. The number of aryl methyl sites for hydroxylation is 1. The second-order valence-corrected chi connectivity index (χ2v) is 3.49. The van der Waals surface area contributed by atoms with Crippen LogP contribution in [0.25, 0.3) is 0 Å². The Bertz CT molecular complexity index is 353. The topological polar surface area (TPSA) is 31.2 Å². The van der Waals surface area contributed by atoms with E-state index in [1.807, 2.05) is 24.6 Å². The van der Waals surface area contributed by atoms with Crippen molar-refractivity contribution in [1.29, 1.82) is 0 Å². The quantitative estimate of drug-likeness (QED) is 0.713. The van der Waals surface area contributed by atoms with Crippen LogP contribution in [0.4, 0.5) is 0 Å². The largest absolute Gasteiger partial charge is 0.461 e. The molecule has 0 aliphatic carbocycles. The molecule has 3 nitrogen and oxygen atoms in total. The van der Waals surface area contributed by atoms with Crippen LogP contribution in [-0.4, -0.2) is 17.1 Å². The molecule has 0 spiro atoms. The Kier molecular flexibility index (Phi) is 3.95. The van der Waals surface area contributed by atoms with E-state index in [1.54, 1.807) is 0 Å². The van der Waals surface area contributed by atoms with Crippen molar-refractivity contribution in [3.63, 3.8) is 0 Å². The lowest BCUT2D eigenvalue weighted by Crippen LogP contribution is -2.10. The third kappa shape index (κ3) is 2.22. The molecule has 84 valence electrons. The van der Waals surface area contributed by atoms with Crippen molar-refractivity contribution in [3.05, 3.63) is 23.0 Å². The molecule has 1 heterocycles. The van der Waals surface area contributed by atoms with Gasteiger partial charge in [-0.15, -0.1) is 0 Å². The van der Waals surface area contributed by atoms with Crippen molar-refractivity contribution < 1.29 is 9.53 Å². The zero-order valence-electron chi connectivity index (χ0n) is 9.96. The SMILES string of the molecule is CCOC(=O)c1cc(CC)c(CC)n1C. The van der Waals surface area contributed by atoms with Crippen LogP contribution < -0.4 is 0 Å². The van der Waals surface area contributed by atoms with E-state index in [4.69, 9.17) is 4.74 Å². The third-order valence-corrected chi connectivity index (χ3v) is 2.65.